The second-order valence-corrected chi connectivity index (χ2v) is 9.83. The highest BCUT2D eigenvalue weighted by Gasteiger charge is 2.51. The zero-order valence-corrected chi connectivity index (χ0v) is 19.7. The highest BCUT2D eigenvalue weighted by Crippen LogP contribution is 2.47. The van der Waals surface area contributed by atoms with Gasteiger partial charge in [0, 0.05) is 42.0 Å². The number of ketones is 3. The van der Waals surface area contributed by atoms with Gasteiger partial charge in [0.15, 0.2) is 23.6 Å². The molecule has 2 aromatic rings. The minimum absolute atomic E-state index is 0.0272. The maximum Gasteiger partial charge on any atom is 0.196 e. The van der Waals surface area contributed by atoms with Crippen molar-refractivity contribution < 1.29 is 44.3 Å². The summed E-state index contributed by atoms with van der Waals surface area (Å²) in [5.74, 6) is -2.72. The Bertz CT molecular complexity index is 1340. The van der Waals surface area contributed by atoms with Crippen LogP contribution >= 0.6 is 0 Å². The van der Waals surface area contributed by atoms with E-state index < -0.39 is 59.3 Å². The molecule has 1 fully saturated rings. The van der Waals surface area contributed by atoms with Crippen LogP contribution in [0.5, 0.6) is 11.5 Å². The number of Topliss-reactive ketones (excluding diaryl/α,β-unsaturated/α-hetero) is 3. The Labute approximate surface area is 205 Å². The molecule has 190 valence electrons. The first-order valence-corrected chi connectivity index (χ1v) is 11.7. The van der Waals surface area contributed by atoms with Crippen molar-refractivity contribution in [2.24, 2.45) is 5.73 Å². The van der Waals surface area contributed by atoms with Gasteiger partial charge in [0.25, 0.3) is 0 Å². The molecule has 0 spiro atoms. The van der Waals surface area contributed by atoms with E-state index in [0.29, 0.717) is 5.39 Å². The average molecular weight is 498 g/mol. The number of hydrogen-bond acceptors (Lipinski definition) is 10. The molecule has 1 heterocycles. The minimum Gasteiger partial charge on any atom is -0.507 e. The number of carbonyl (C=O) groups is 3. The van der Waals surface area contributed by atoms with Crippen LogP contribution in [0.4, 0.5) is 0 Å². The lowest BCUT2D eigenvalue weighted by atomic mass is 9.69. The summed E-state index contributed by atoms with van der Waals surface area (Å²) in [6, 6.07) is 5.19. The third-order valence-corrected chi connectivity index (χ3v) is 7.47. The fourth-order valence-corrected chi connectivity index (χ4v) is 5.41. The molecule has 1 saturated heterocycles. The molecular weight excluding hydrogens is 470 g/mol. The molecule has 0 unspecified atom stereocenters. The number of ether oxygens (including phenoxy) is 2. The standard InChI is InChI=1S/C26H27NO9/c1-10-22(30)15(27)7-18(35-10)36-17-9-26(34,11(2)28)8-14-20(17)25(33)21-13(23(14)31)6-12-4-3-5-16(29)19(12)24(21)32/h3-6,10,15,17-18,22,29-30,32,34H,7-9,27H2,1-2H3/t10-,15-,17-,18-,22+,26-/m0/s1. The molecule has 36 heavy (non-hydrogen) atoms. The molecule has 6 N–H and O–H groups in total. The van der Waals surface area contributed by atoms with Gasteiger partial charge in [-0.25, -0.2) is 0 Å². The molecule has 0 saturated carbocycles. The molecule has 2 aromatic carbocycles. The normalized spacial score (nSPS) is 32.4. The summed E-state index contributed by atoms with van der Waals surface area (Å²) >= 11 is 0. The summed E-state index contributed by atoms with van der Waals surface area (Å²) in [6.07, 6.45) is -4.45. The lowest BCUT2D eigenvalue weighted by Gasteiger charge is -2.42. The summed E-state index contributed by atoms with van der Waals surface area (Å²) in [5, 5.41) is 42.9. The Morgan fingerprint density at radius 2 is 1.94 bits per heavy atom. The van der Waals surface area contributed by atoms with Gasteiger partial charge in [-0.3, -0.25) is 14.4 Å². The molecule has 10 nitrogen and oxygen atoms in total. The number of aromatic hydroxyl groups is 2. The second-order valence-electron chi connectivity index (χ2n) is 9.83. The highest BCUT2D eigenvalue weighted by atomic mass is 16.7. The number of fused-ring (bicyclic) bond motifs is 2. The Kier molecular flexibility index (Phi) is 5.77. The van der Waals surface area contributed by atoms with Crippen LogP contribution in [-0.4, -0.2) is 74.0 Å². The average Bonchev–Trinajstić information content (AvgIpc) is 2.80. The minimum atomic E-state index is -1.96. The van der Waals surface area contributed by atoms with Gasteiger partial charge < -0.3 is 35.6 Å². The lowest BCUT2D eigenvalue weighted by molar-refractivity contribution is -0.239. The van der Waals surface area contributed by atoms with E-state index in [1.807, 2.05) is 0 Å². The Balaban J connectivity index is 1.63. The van der Waals surface area contributed by atoms with E-state index >= 15 is 0 Å². The van der Waals surface area contributed by atoms with Gasteiger partial charge in [-0.2, -0.15) is 0 Å². The first kappa shape index (κ1) is 24.5. The third kappa shape index (κ3) is 3.64. The van der Waals surface area contributed by atoms with E-state index in [4.69, 9.17) is 15.2 Å². The molecule has 0 bridgehead atoms. The predicted molar refractivity (Wildman–Crippen MR) is 126 cm³/mol. The number of aliphatic hydroxyl groups excluding tert-OH is 1. The second kappa shape index (κ2) is 8.46. The number of carbonyl (C=O) groups excluding carboxylic acids is 3. The van der Waals surface area contributed by atoms with E-state index in [0.717, 1.165) is 0 Å². The van der Waals surface area contributed by atoms with E-state index in [-0.39, 0.29) is 52.7 Å². The number of phenolic OH excluding ortho intramolecular Hbond substituents is 2. The van der Waals surface area contributed by atoms with Crippen LogP contribution in [0.2, 0.25) is 0 Å². The van der Waals surface area contributed by atoms with Crippen molar-refractivity contribution in [1.29, 1.82) is 0 Å². The van der Waals surface area contributed by atoms with Crippen molar-refractivity contribution in [2.45, 2.75) is 69.4 Å². The molecule has 6 atom stereocenters. The molecule has 5 rings (SSSR count). The van der Waals surface area contributed by atoms with Crippen LogP contribution < -0.4 is 5.73 Å². The van der Waals surface area contributed by atoms with E-state index in [1.165, 1.54) is 25.1 Å². The van der Waals surface area contributed by atoms with Crippen LogP contribution in [-0.2, 0) is 14.3 Å². The SMILES string of the molecule is CC(=O)[C@]1(O)CC2=C(C(=O)c3c(cc4cccc(O)c4c3O)C2=O)[C@@H](O[C@H]2C[C@H](N)[C@H](O)[C@H](C)O2)C1. The van der Waals surface area contributed by atoms with Crippen molar-refractivity contribution in [2.75, 3.05) is 0 Å². The predicted octanol–water partition coefficient (Wildman–Crippen LogP) is 1.25. The lowest BCUT2D eigenvalue weighted by Crippen LogP contribution is -2.54. The van der Waals surface area contributed by atoms with Crippen LogP contribution in [0.15, 0.2) is 35.4 Å². The first-order valence-electron chi connectivity index (χ1n) is 11.7. The van der Waals surface area contributed by atoms with Crippen molar-refractivity contribution in [3.8, 4) is 11.5 Å². The summed E-state index contributed by atoms with van der Waals surface area (Å²) in [5.41, 5.74) is 3.50. The van der Waals surface area contributed by atoms with Crippen LogP contribution in [0.3, 0.4) is 0 Å². The smallest absolute Gasteiger partial charge is 0.196 e. The number of nitrogens with two attached hydrogens (primary N) is 1. The summed E-state index contributed by atoms with van der Waals surface area (Å²) < 4.78 is 11.7. The summed E-state index contributed by atoms with van der Waals surface area (Å²) in [7, 11) is 0. The van der Waals surface area contributed by atoms with Gasteiger partial charge in [-0.05, 0) is 31.4 Å². The fourth-order valence-electron chi connectivity index (χ4n) is 5.41. The molecule has 3 aliphatic rings. The van der Waals surface area contributed by atoms with Crippen molar-refractivity contribution in [1.82, 2.24) is 0 Å². The van der Waals surface area contributed by atoms with Gasteiger partial charge in [-0.1, -0.05) is 12.1 Å². The van der Waals surface area contributed by atoms with Gasteiger partial charge in [0.2, 0.25) is 0 Å². The Hall–Kier alpha value is -3.15. The van der Waals surface area contributed by atoms with Gasteiger partial charge in [0.05, 0.1) is 29.3 Å². The molecule has 1 aliphatic heterocycles. The zero-order chi connectivity index (χ0) is 26.1. The quantitative estimate of drug-likeness (QED) is 0.415. The number of rotatable bonds is 3. The van der Waals surface area contributed by atoms with Crippen LogP contribution in [0.1, 0.15) is 53.8 Å². The van der Waals surface area contributed by atoms with Crippen molar-refractivity contribution in [3.05, 3.63) is 46.5 Å². The number of hydrogen-bond donors (Lipinski definition) is 5. The molecular formula is C26H27NO9. The maximum absolute atomic E-state index is 13.8. The van der Waals surface area contributed by atoms with Crippen molar-refractivity contribution in [3.63, 3.8) is 0 Å². The molecule has 0 radical (unpaired) electrons. The van der Waals surface area contributed by atoms with E-state index in [1.54, 1.807) is 13.0 Å². The molecule has 0 amide bonds. The number of phenols is 2. The van der Waals surface area contributed by atoms with Crippen molar-refractivity contribution >= 4 is 28.1 Å². The third-order valence-electron chi connectivity index (χ3n) is 7.47. The van der Waals surface area contributed by atoms with E-state index in [9.17, 15) is 34.8 Å². The molecule has 10 heteroatoms. The van der Waals surface area contributed by atoms with Crippen LogP contribution in [0.25, 0.3) is 10.8 Å². The Morgan fingerprint density at radius 1 is 1.22 bits per heavy atom. The zero-order valence-electron chi connectivity index (χ0n) is 19.7. The van der Waals surface area contributed by atoms with E-state index in [2.05, 4.69) is 0 Å². The van der Waals surface area contributed by atoms with Gasteiger partial charge >= 0.3 is 0 Å². The molecule has 0 aromatic heterocycles. The largest absolute Gasteiger partial charge is 0.507 e. The van der Waals surface area contributed by atoms with Crippen LogP contribution in [0, 0.1) is 0 Å². The van der Waals surface area contributed by atoms with Gasteiger partial charge in [0.1, 0.15) is 17.1 Å². The first-order chi connectivity index (χ1) is 16.9. The summed E-state index contributed by atoms with van der Waals surface area (Å²) in [6.45, 7) is 2.80. The monoisotopic (exact) mass is 497 g/mol. The fraction of sp³-hybridized carbons (Fsp3) is 0.423. The Morgan fingerprint density at radius 3 is 2.61 bits per heavy atom. The number of aliphatic hydroxyl groups is 2. The van der Waals surface area contributed by atoms with Gasteiger partial charge in [-0.15, -0.1) is 0 Å². The highest BCUT2D eigenvalue weighted by molar-refractivity contribution is 6.30. The summed E-state index contributed by atoms with van der Waals surface area (Å²) in [4.78, 5) is 39.8. The number of benzene rings is 2. The molecule has 2 aliphatic carbocycles. The topological polar surface area (TPSA) is 177 Å². The maximum atomic E-state index is 13.8.